The summed E-state index contributed by atoms with van der Waals surface area (Å²) in [4.78, 5) is 41.6. The van der Waals surface area contributed by atoms with Crippen LogP contribution in [0.3, 0.4) is 0 Å². The third-order valence-corrected chi connectivity index (χ3v) is 4.77. The number of hydrogen-bond acceptors (Lipinski definition) is 7. The quantitative estimate of drug-likeness (QED) is 0.452. The molecule has 0 bridgehead atoms. The number of nitrogens with one attached hydrogen (secondary N) is 1. The Labute approximate surface area is 167 Å². The average molecular weight is 398 g/mol. The van der Waals surface area contributed by atoms with Gasteiger partial charge in [-0.1, -0.05) is 6.07 Å². The second-order valence-electron chi connectivity index (χ2n) is 6.73. The predicted octanol–water partition coefficient (Wildman–Crippen LogP) is 2.70. The number of non-ortho nitro benzene ring substituents is 1. The first-order valence-corrected chi connectivity index (χ1v) is 9.34. The molecule has 0 aliphatic carbocycles. The van der Waals surface area contributed by atoms with Crippen molar-refractivity contribution >= 4 is 23.4 Å². The molecule has 2 aromatic rings. The monoisotopic (exact) mass is 398 g/mol. The topological polar surface area (TPSA) is 115 Å². The smallest absolute Gasteiger partial charge is 0.338 e. The van der Waals surface area contributed by atoms with Gasteiger partial charge in [-0.3, -0.25) is 14.9 Å². The first-order valence-electron chi connectivity index (χ1n) is 9.34. The molecule has 1 N–H and O–H groups in total. The van der Waals surface area contributed by atoms with Gasteiger partial charge in [-0.05, 0) is 31.4 Å². The molecule has 1 saturated heterocycles. The van der Waals surface area contributed by atoms with E-state index >= 15 is 0 Å². The van der Waals surface area contributed by atoms with Crippen LogP contribution in [0.4, 0.5) is 11.5 Å². The summed E-state index contributed by atoms with van der Waals surface area (Å²) in [5, 5.41) is 13.9. The van der Waals surface area contributed by atoms with Crippen molar-refractivity contribution in [1.29, 1.82) is 0 Å². The lowest BCUT2D eigenvalue weighted by atomic mass is 10.1. The summed E-state index contributed by atoms with van der Waals surface area (Å²) >= 11 is 0. The number of esters is 1. The molecular formula is C20H22N4O5. The van der Waals surface area contributed by atoms with Gasteiger partial charge in [-0.15, -0.1) is 0 Å². The Balaban J connectivity index is 1.78. The average Bonchev–Trinajstić information content (AvgIpc) is 2.77. The number of carbonyl (C=O) groups is 2. The van der Waals surface area contributed by atoms with Crippen LogP contribution in [0.15, 0.2) is 36.5 Å². The molecule has 2 heterocycles. The number of methoxy groups -OCH3 is 1. The normalized spacial score (nSPS) is 13.6. The van der Waals surface area contributed by atoms with Gasteiger partial charge in [0.2, 0.25) is 0 Å². The number of nitro groups is 1. The van der Waals surface area contributed by atoms with Gasteiger partial charge >= 0.3 is 5.97 Å². The van der Waals surface area contributed by atoms with Crippen molar-refractivity contribution in [3.63, 3.8) is 0 Å². The van der Waals surface area contributed by atoms with E-state index in [1.165, 1.54) is 19.6 Å². The van der Waals surface area contributed by atoms with Crippen LogP contribution in [-0.4, -0.2) is 42.0 Å². The Morgan fingerprint density at radius 1 is 1.21 bits per heavy atom. The minimum Gasteiger partial charge on any atom is -0.465 e. The molecule has 1 aromatic carbocycles. The van der Waals surface area contributed by atoms with Gasteiger partial charge in [0.1, 0.15) is 5.82 Å². The fraction of sp³-hybridized carbons (Fsp3) is 0.350. The Bertz CT molecular complexity index is 925. The van der Waals surface area contributed by atoms with Crippen molar-refractivity contribution in [1.82, 2.24) is 10.3 Å². The molecule has 3 rings (SSSR count). The van der Waals surface area contributed by atoms with Crippen LogP contribution in [0.1, 0.15) is 45.5 Å². The SMILES string of the molecule is COC(=O)c1cc(C(=O)NCc2cccnc2N2CCCCC2)cc([N+](=O)[O-])c1. The number of hydrogen-bond donors (Lipinski definition) is 1. The van der Waals surface area contributed by atoms with Gasteiger partial charge in [-0.2, -0.15) is 0 Å². The Morgan fingerprint density at radius 2 is 1.93 bits per heavy atom. The van der Waals surface area contributed by atoms with Crippen molar-refractivity contribution in [2.24, 2.45) is 0 Å². The van der Waals surface area contributed by atoms with E-state index in [-0.39, 0.29) is 23.4 Å². The number of ether oxygens (including phenoxy) is 1. The molecular weight excluding hydrogens is 376 g/mol. The number of aromatic nitrogens is 1. The lowest BCUT2D eigenvalue weighted by molar-refractivity contribution is -0.384. The molecule has 9 nitrogen and oxygen atoms in total. The van der Waals surface area contributed by atoms with E-state index in [2.05, 4.69) is 19.9 Å². The lowest BCUT2D eigenvalue weighted by Gasteiger charge is -2.29. The summed E-state index contributed by atoms with van der Waals surface area (Å²) in [6.45, 7) is 2.06. The van der Waals surface area contributed by atoms with Crippen molar-refractivity contribution < 1.29 is 19.2 Å². The Kier molecular flexibility index (Phi) is 6.38. The van der Waals surface area contributed by atoms with E-state index in [4.69, 9.17) is 0 Å². The van der Waals surface area contributed by atoms with Crippen LogP contribution in [0.25, 0.3) is 0 Å². The van der Waals surface area contributed by atoms with Gasteiger partial charge in [0.15, 0.2) is 0 Å². The minimum atomic E-state index is -0.748. The minimum absolute atomic E-state index is 0.0167. The molecule has 9 heteroatoms. The van der Waals surface area contributed by atoms with Crippen molar-refractivity contribution in [3.8, 4) is 0 Å². The second kappa shape index (κ2) is 9.13. The molecule has 1 aliphatic heterocycles. The summed E-state index contributed by atoms with van der Waals surface area (Å²) in [6.07, 6.45) is 5.13. The highest BCUT2D eigenvalue weighted by Gasteiger charge is 2.20. The highest BCUT2D eigenvalue weighted by Crippen LogP contribution is 2.22. The molecule has 1 aliphatic rings. The van der Waals surface area contributed by atoms with E-state index < -0.39 is 16.8 Å². The first kappa shape index (κ1) is 20.2. The van der Waals surface area contributed by atoms with Gasteiger partial charge in [0.05, 0.1) is 17.6 Å². The van der Waals surface area contributed by atoms with Gasteiger partial charge in [-0.25, -0.2) is 9.78 Å². The van der Waals surface area contributed by atoms with Crippen molar-refractivity contribution in [3.05, 3.63) is 63.3 Å². The van der Waals surface area contributed by atoms with Crippen LogP contribution in [0, 0.1) is 10.1 Å². The van der Waals surface area contributed by atoms with E-state index in [0.717, 1.165) is 49.4 Å². The van der Waals surface area contributed by atoms with Crippen LogP contribution in [0.5, 0.6) is 0 Å². The zero-order valence-corrected chi connectivity index (χ0v) is 16.1. The van der Waals surface area contributed by atoms with Crippen LogP contribution < -0.4 is 10.2 Å². The maximum Gasteiger partial charge on any atom is 0.338 e. The summed E-state index contributed by atoms with van der Waals surface area (Å²) in [6, 6.07) is 7.19. The highest BCUT2D eigenvalue weighted by atomic mass is 16.6. The second-order valence-corrected chi connectivity index (χ2v) is 6.73. The molecule has 1 aromatic heterocycles. The third-order valence-electron chi connectivity index (χ3n) is 4.77. The predicted molar refractivity (Wildman–Crippen MR) is 106 cm³/mol. The van der Waals surface area contributed by atoms with E-state index in [9.17, 15) is 19.7 Å². The number of pyridine rings is 1. The number of amides is 1. The number of piperidine rings is 1. The van der Waals surface area contributed by atoms with Crippen molar-refractivity contribution in [2.45, 2.75) is 25.8 Å². The number of anilines is 1. The molecule has 0 spiro atoms. The maximum atomic E-state index is 12.6. The summed E-state index contributed by atoms with van der Waals surface area (Å²) < 4.78 is 4.61. The van der Waals surface area contributed by atoms with Crippen LogP contribution >= 0.6 is 0 Å². The van der Waals surface area contributed by atoms with Crippen molar-refractivity contribution in [2.75, 3.05) is 25.1 Å². The molecule has 0 saturated carbocycles. The largest absolute Gasteiger partial charge is 0.465 e. The molecule has 1 amide bonds. The van der Waals surface area contributed by atoms with E-state index in [1.54, 1.807) is 12.3 Å². The van der Waals surface area contributed by atoms with Gasteiger partial charge in [0, 0.05) is 49.1 Å². The first-order chi connectivity index (χ1) is 14.0. The Morgan fingerprint density at radius 3 is 2.62 bits per heavy atom. The van der Waals surface area contributed by atoms with E-state index in [0.29, 0.717) is 0 Å². The summed E-state index contributed by atoms with van der Waals surface area (Å²) in [5.41, 5.74) is 0.472. The van der Waals surface area contributed by atoms with Crippen LogP contribution in [-0.2, 0) is 11.3 Å². The standard InChI is InChI=1S/C20H22N4O5/c1-29-20(26)16-10-15(11-17(12-16)24(27)28)19(25)22-13-14-6-5-7-21-18(14)23-8-3-2-4-9-23/h5-7,10-12H,2-4,8-9,13H2,1H3,(H,22,25). The molecule has 152 valence electrons. The molecule has 0 radical (unpaired) electrons. The zero-order valence-electron chi connectivity index (χ0n) is 16.1. The number of nitro benzene ring substituents is 1. The number of rotatable bonds is 6. The lowest BCUT2D eigenvalue weighted by Crippen LogP contribution is -2.32. The van der Waals surface area contributed by atoms with Crippen LogP contribution in [0.2, 0.25) is 0 Å². The number of benzene rings is 1. The fourth-order valence-corrected chi connectivity index (χ4v) is 3.32. The molecule has 0 atom stereocenters. The Hall–Kier alpha value is -3.49. The molecule has 29 heavy (non-hydrogen) atoms. The highest BCUT2D eigenvalue weighted by molar-refractivity contribution is 5.99. The zero-order chi connectivity index (χ0) is 20.8. The summed E-state index contributed by atoms with van der Waals surface area (Å²) in [7, 11) is 1.17. The summed E-state index contributed by atoms with van der Waals surface area (Å²) in [5.74, 6) is -0.434. The maximum absolute atomic E-state index is 12.6. The fourth-order valence-electron chi connectivity index (χ4n) is 3.32. The van der Waals surface area contributed by atoms with Gasteiger partial charge in [0.25, 0.3) is 11.6 Å². The molecule has 1 fully saturated rings. The number of carbonyl (C=O) groups excluding carboxylic acids is 2. The van der Waals surface area contributed by atoms with Gasteiger partial charge < -0.3 is 15.0 Å². The third kappa shape index (κ3) is 4.87. The van der Waals surface area contributed by atoms with E-state index in [1.807, 2.05) is 6.07 Å². The molecule has 0 unspecified atom stereocenters. The number of nitrogens with zero attached hydrogens (tertiary/aromatic N) is 3.